The SMILES string of the molecule is Cc1cc(C2CCCN2C(=O)CCCC(=O)O)on1. The van der Waals surface area contributed by atoms with Crippen LogP contribution >= 0.6 is 0 Å². The highest BCUT2D eigenvalue weighted by molar-refractivity contribution is 5.77. The molecule has 0 bridgehead atoms. The molecule has 1 aliphatic heterocycles. The Hall–Kier alpha value is -1.85. The van der Waals surface area contributed by atoms with Crippen molar-refractivity contribution >= 4 is 11.9 Å². The number of carbonyl (C=O) groups excluding carboxylic acids is 1. The van der Waals surface area contributed by atoms with Gasteiger partial charge in [-0.2, -0.15) is 0 Å². The zero-order valence-corrected chi connectivity index (χ0v) is 11.0. The Bertz CT molecular complexity index is 469. The number of hydrogen-bond donors (Lipinski definition) is 1. The van der Waals surface area contributed by atoms with E-state index >= 15 is 0 Å². The highest BCUT2D eigenvalue weighted by Crippen LogP contribution is 2.32. The van der Waals surface area contributed by atoms with Gasteiger partial charge in [0.1, 0.15) is 0 Å². The van der Waals surface area contributed by atoms with Gasteiger partial charge in [0.2, 0.25) is 5.91 Å². The lowest BCUT2D eigenvalue weighted by Crippen LogP contribution is -2.30. The maximum atomic E-state index is 12.1. The summed E-state index contributed by atoms with van der Waals surface area (Å²) >= 11 is 0. The molecule has 1 aromatic heterocycles. The van der Waals surface area contributed by atoms with Crippen molar-refractivity contribution in [3.8, 4) is 0 Å². The third kappa shape index (κ3) is 3.33. The van der Waals surface area contributed by atoms with Gasteiger partial charge in [0, 0.05) is 25.5 Å². The number of amides is 1. The largest absolute Gasteiger partial charge is 0.481 e. The summed E-state index contributed by atoms with van der Waals surface area (Å²) in [6, 6.07) is 1.81. The van der Waals surface area contributed by atoms with Gasteiger partial charge in [-0.25, -0.2) is 0 Å². The molecule has 1 unspecified atom stereocenters. The topological polar surface area (TPSA) is 83.6 Å². The van der Waals surface area contributed by atoms with E-state index in [9.17, 15) is 9.59 Å². The molecule has 0 radical (unpaired) electrons. The summed E-state index contributed by atoms with van der Waals surface area (Å²) in [5, 5.41) is 12.4. The summed E-state index contributed by atoms with van der Waals surface area (Å²) < 4.78 is 5.23. The van der Waals surface area contributed by atoms with Crippen LogP contribution in [0.4, 0.5) is 0 Å². The molecular formula is C13H18N2O4. The van der Waals surface area contributed by atoms with Crippen LogP contribution in [0.25, 0.3) is 0 Å². The molecule has 104 valence electrons. The molecule has 6 nitrogen and oxygen atoms in total. The van der Waals surface area contributed by atoms with Crippen molar-refractivity contribution in [3.05, 3.63) is 17.5 Å². The number of aryl methyl sites for hydroxylation is 1. The van der Waals surface area contributed by atoms with Crippen LogP contribution in [-0.4, -0.2) is 33.6 Å². The average Bonchev–Trinajstić information content (AvgIpc) is 2.96. The first-order chi connectivity index (χ1) is 9.08. The van der Waals surface area contributed by atoms with Crippen molar-refractivity contribution in [2.75, 3.05) is 6.54 Å². The molecule has 2 rings (SSSR count). The molecule has 1 atom stereocenters. The third-order valence-corrected chi connectivity index (χ3v) is 3.33. The Balaban J connectivity index is 1.94. The smallest absolute Gasteiger partial charge is 0.303 e. The van der Waals surface area contributed by atoms with Gasteiger partial charge in [0.05, 0.1) is 11.7 Å². The first-order valence-electron chi connectivity index (χ1n) is 6.52. The summed E-state index contributed by atoms with van der Waals surface area (Å²) in [5.41, 5.74) is 0.806. The second kappa shape index (κ2) is 5.86. The number of carboxylic acids is 1. The molecule has 2 heterocycles. The lowest BCUT2D eigenvalue weighted by Gasteiger charge is -2.22. The van der Waals surface area contributed by atoms with Crippen molar-refractivity contribution in [1.29, 1.82) is 0 Å². The quantitative estimate of drug-likeness (QED) is 0.880. The van der Waals surface area contributed by atoms with E-state index in [1.807, 2.05) is 13.0 Å². The lowest BCUT2D eigenvalue weighted by atomic mass is 10.1. The monoisotopic (exact) mass is 266 g/mol. The maximum absolute atomic E-state index is 12.1. The summed E-state index contributed by atoms with van der Waals surface area (Å²) in [6.45, 7) is 2.55. The van der Waals surface area contributed by atoms with E-state index in [4.69, 9.17) is 9.63 Å². The van der Waals surface area contributed by atoms with Crippen LogP contribution in [0.3, 0.4) is 0 Å². The Labute approximate surface area is 111 Å². The zero-order valence-electron chi connectivity index (χ0n) is 11.0. The third-order valence-electron chi connectivity index (χ3n) is 3.33. The van der Waals surface area contributed by atoms with E-state index in [1.165, 1.54) is 0 Å². The van der Waals surface area contributed by atoms with Crippen LogP contribution in [0.1, 0.15) is 49.6 Å². The van der Waals surface area contributed by atoms with Crippen molar-refractivity contribution < 1.29 is 19.2 Å². The molecule has 0 aliphatic carbocycles. The minimum Gasteiger partial charge on any atom is -0.481 e. The molecule has 1 amide bonds. The van der Waals surface area contributed by atoms with Crippen LogP contribution < -0.4 is 0 Å². The predicted molar refractivity (Wildman–Crippen MR) is 66.4 cm³/mol. The first-order valence-corrected chi connectivity index (χ1v) is 6.52. The zero-order chi connectivity index (χ0) is 13.8. The Kier molecular flexibility index (Phi) is 4.19. The fourth-order valence-corrected chi connectivity index (χ4v) is 2.44. The van der Waals surface area contributed by atoms with Crippen molar-refractivity contribution in [3.63, 3.8) is 0 Å². The first kappa shape index (κ1) is 13.6. The molecular weight excluding hydrogens is 248 g/mol. The molecule has 19 heavy (non-hydrogen) atoms. The van der Waals surface area contributed by atoms with Gasteiger partial charge in [-0.1, -0.05) is 5.16 Å². The minimum absolute atomic E-state index is 0.00203. The summed E-state index contributed by atoms with van der Waals surface area (Å²) in [7, 11) is 0. The van der Waals surface area contributed by atoms with E-state index in [0.717, 1.165) is 24.3 Å². The number of aliphatic carboxylic acids is 1. The van der Waals surface area contributed by atoms with Gasteiger partial charge in [0.25, 0.3) is 0 Å². The average molecular weight is 266 g/mol. The lowest BCUT2D eigenvalue weighted by molar-refractivity contribution is -0.137. The van der Waals surface area contributed by atoms with Crippen LogP contribution in [-0.2, 0) is 9.59 Å². The van der Waals surface area contributed by atoms with Crippen LogP contribution in [0.15, 0.2) is 10.6 Å². The molecule has 1 aromatic rings. The van der Waals surface area contributed by atoms with Gasteiger partial charge >= 0.3 is 5.97 Å². The second-order valence-corrected chi connectivity index (χ2v) is 4.86. The van der Waals surface area contributed by atoms with Gasteiger partial charge in [-0.05, 0) is 26.2 Å². The van der Waals surface area contributed by atoms with Crippen molar-refractivity contribution in [2.45, 2.75) is 45.1 Å². The van der Waals surface area contributed by atoms with E-state index < -0.39 is 5.97 Å². The van der Waals surface area contributed by atoms with E-state index in [-0.39, 0.29) is 24.8 Å². The van der Waals surface area contributed by atoms with Crippen molar-refractivity contribution in [2.24, 2.45) is 0 Å². The normalized spacial score (nSPS) is 18.8. The number of likely N-dealkylation sites (tertiary alicyclic amines) is 1. The standard InChI is InChI=1S/C13H18N2O4/c1-9-8-11(19-14-9)10-4-3-7-15(10)12(16)5-2-6-13(17)18/h8,10H,2-7H2,1H3,(H,17,18). The number of hydrogen-bond acceptors (Lipinski definition) is 4. The van der Waals surface area contributed by atoms with Gasteiger partial charge in [0.15, 0.2) is 5.76 Å². The molecule has 0 spiro atoms. The number of nitrogens with zero attached hydrogens (tertiary/aromatic N) is 2. The number of carboxylic acid groups (broad SMARTS) is 1. The molecule has 6 heteroatoms. The van der Waals surface area contributed by atoms with Gasteiger partial charge in [-0.15, -0.1) is 0 Å². The highest BCUT2D eigenvalue weighted by atomic mass is 16.5. The Morgan fingerprint density at radius 1 is 1.53 bits per heavy atom. The Morgan fingerprint density at radius 3 is 2.95 bits per heavy atom. The summed E-state index contributed by atoms with van der Waals surface area (Å²) in [6.07, 6.45) is 2.50. The number of rotatable bonds is 5. The van der Waals surface area contributed by atoms with Gasteiger partial charge < -0.3 is 14.5 Å². The second-order valence-electron chi connectivity index (χ2n) is 4.86. The molecule has 0 saturated carbocycles. The molecule has 0 aromatic carbocycles. The Morgan fingerprint density at radius 2 is 2.32 bits per heavy atom. The molecule has 1 fully saturated rings. The fraction of sp³-hybridized carbons (Fsp3) is 0.615. The molecule has 1 aliphatic rings. The van der Waals surface area contributed by atoms with E-state index in [2.05, 4.69) is 5.16 Å². The maximum Gasteiger partial charge on any atom is 0.303 e. The van der Waals surface area contributed by atoms with Crippen LogP contribution in [0.2, 0.25) is 0 Å². The van der Waals surface area contributed by atoms with Crippen LogP contribution in [0.5, 0.6) is 0 Å². The van der Waals surface area contributed by atoms with E-state index in [0.29, 0.717) is 13.0 Å². The molecule has 1 N–H and O–H groups in total. The number of aromatic nitrogens is 1. The fourth-order valence-electron chi connectivity index (χ4n) is 2.44. The van der Waals surface area contributed by atoms with Gasteiger partial charge in [-0.3, -0.25) is 9.59 Å². The van der Waals surface area contributed by atoms with Crippen molar-refractivity contribution in [1.82, 2.24) is 10.1 Å². The number of carbonyl (C=O) groups is 2. The van der Waals surface area contributed by atoms with E-state index in [1.54, 1.807) is 4.90 Å². The molecule has 1 saturated heterocycles. The summed E-state index contributed by atoms with van der Waals surface area (Å²) in [5.74, 6) is -0.143. The minimum atomic E-state index is -0.864. The summed E-state index contributed by atoms with van der Waals surface area (Å²) in [4.78, 5) is 24.3. The highest BCUT2D eigenvalue weighted by Gasteiger charge is 2.32. The van der Waals surface area contributed by atoms with Crippen LogP contribution in [0, 0.1) is 6.92 Å². The predicted octanol–water partition coefficient (Wildman–Crippen LogP) is 1.90.